The van der Waals surface area contributed by atoms with E-state index in [0.717, 1.165) is 43.6 Å². The minimum absolute atomic E-state index is 0.0577. The molecule has 1 saturated carbocycles. The van der Waals surface area contributed by atoms with E-state index in [-0.39, 0.29) is 17.5 Å². The van der Waals surface area contributed by atoms with E-state index < -0.39 is 0 Å². The van der Waals surface area contributed by atoms with Gasteiger partial charge in [-0.15, -0.1) is 0 Å². The standard InChI is InChI=1S/C25H33N5O2/c1-28(2)13-4-6-24(31)29-14-3-5-22(18-29)30(17-19-7-8-19)23-15-21(16-27-25(23)32)20-9-11-26-12-10-20/h4,6,9-12,15-16,19,22H,3,5,7-8,13-14,17-18H2,1-2H3,(H,27,32). The van der Waals surface area contributed by atoms with Crippen LogP contribution >= 0.6 is 0 Å². The molecule has 1 unspecified atom stereocenters. The van der Waals surface area contributed by atoms with E-state index in [4.69, 9.17) is 0 Å². The molecular weight excluding hydrogens is 402 g/mol. The number of H-pyrrole nitrogens is 1. The van der Waals surface area contributed by atoms with Crippen LogP contribution in [-0.2, 0) is 4.79 Å². The van der Waals surface area contributed by atoms with Crippen molar-refractivity contribution in [3.8, 4) is 11.1 Å². The number of hydrogen-bond donors (Lipinski definition) is 1. The van der Waals surface area contributed by atoms with Crippen molar-refractivity contribution in [2.24, 2.45) is 5.92 Å². The number of carbonyl (C=O) groups is 1. The van der Waals surface area contributed by atoms with Gasteiger partial charge < -0.3 is 19.7 Å². The number of carbonyl (C=O) groups excluding carboxylic acids is 1. The summed E-state index contributed by atoms with van der Waals surface area (Å²) >= 11 is 0. The van der Waals surface area contributed by atoms with Crippen LogP contribution in [0, 0.1) is 5.92 Å². The molecule has 1 amide bonds. The van der Waals surface area contributed by atoms with Gasteiger partial charge in [-0.1, -0.05) is 6.08 Å². The molecule has 1 atom stereocenters. The Morgan fingerprint density at radius 3 is 2.72 bits per heavy atom. The molecule has 0 aromatic carbocycles. The van der Waals surface area contributed by atoms with Crippen molar-refractivity contribution in [3.63, 3.8) is 0 Å². The number of likely N-dealkylation sites (tertiary alicyclic amines) is 1. The van der Waals surface area contributed by atoms with Crippen molar-refractivity contribution in [1.82, 2.24) is 19.8 Å². The molecule has 1 N–H and O–H groups in total. The van der Waals surface area contributed by atoms with Crippen molar-refractivity contribution in [2.45, 2.75) is 31.7 Å². The van der Waals surface area contributed by atoms with Gasteiger partial charge in [0.2, 0.25) is 5.91 Å². The van der Waals surface area contributed by atoms with Gasteiger partial charge >= 0.3 is 0 Å². The van der Waals surface area contributed by atoms with Crippen molar-refractivity contribution in [1.29, 1.82) is 0 Å². The Morgan fingerprint density at radius 2 is 2.00 bits per heavy atom. The average molecular weight is 436 g/mol. The third kappa shape index (κ3) is 5.65. The average Bonchev–Trinajstić information content (AvgIpc) is 3.63. The zero-order valence-corrected chi connectivity index (χ0v) is 19.0. The van der Waals surface area contributed by atoms with Crippen molar-refractivity contribution in [2.75, 3.05) is 45.2 Å². The number of nitrogens with one attached hydrogen (secondary N) is 1. The van der Waals surface area contributed by atoms with Crippen LogP contribution in [0.15, 0.2) is 53.7 Å². The van der Waals surface area contributed by atoms with E-state index in [0.29, 0.717) is 18.2 Å². The van der Waals surface area contributed by atoms with Crippen LogP contribution in [0.4, 0.5) is 5.69 Å². The first-order valence-electron chi connectivity index (χ1n) is 11.5. The molecule has 0 bridgehead atoms. The molecule has 1 aliphatic heterocycles. The highest BCUT2D eigenvalue weighted by molar-refractivity contribution is 5.87. The molecule has 2 aromatic heterocycles. The number of aromatic amines is 1. The number of piperidine rings is 1. The van der Waals surface area contributed by atoms with E-state index in [2.05, 4.69) is 14.9 Å². The molecule has 1 aliphatic carbocycles. The fourth-order valence-electron chi connectivity index (χ4n) is 4.30. The van der Waals surface area contributed by atoms with Crippen molar-refractivity contribution in [3.05, 3.63) is 59.3 Å². The molecule has 32 heavy (non-hydrogen) atoms. The van der Waals surface area contributed by atoms with E-state index >= 15 is 0 Å². The lowest BCUT2D eigenvalue weighted by Crippen LogP contribution is -2.51. The molecular formula is C25H33N5O2. The third-order valence-electron chi connectivity index (χ3n) is 6.24. The fraction of sp³-hybridized carbons (Fsp3) is 0.480. The lowest BCUT2D eigenvalue weighted by atomic mass is 10.0. The van der Waals surface area contributed by atoms with Gasteiger partial charge in [-0.05, 0) is 69.5 Å². The first-order chi connectivity index (χ1) is 15.5. The van der Waals surface area contributed by atoms with Gasteiger partial charge in [0.15, 0.2) is 0 Å². The van der Waals surface area contributed by atoms with Gasteiger partial charge in [0.05, 0.1) is 0 Å². The van der Waals surface area contributed by atoms with Gasteiger partial charge in [-0.25, -0.2) is 0 Å². The highest BCUT2D eigenvalue weighted by Crippen LogP contribution is 2.33. The summed E-state index contributed by atoms with van der Waals surface area (Å²) in [6.07, 6.45) is 13.2. The van der Waals surface area contributed by atoms with E-state index in [1.165, 1.54) is 12.8 Å². The molecule has 7 heteroatoms. The zero-order chi connectivity index (χ0) is 22.5. The number of anilines is 1. The Kier molecular flexibility index (Phi) is 7.05. The number of hydrogen-bond acceptors (Lipinski definition) is 5. The van der Waals surface area contributed by atoms with Crippen LogP contribution in [-0.4, -0.2) is 72.0 Å². The van der Waals surface area contributed by atoms with Gasteiger partial charge in [-0.3, -0.25) is 14.6 Å². The number of amides is 1. The third-order valence-corrected chi connectivity index (χ3v) is 6.24. The first-order valence-corrected chi connectivity index (χ1v) is 11.5. The smallest absolute Gasteiger partial charge is 0.271 e. The second-order valence-corrected chi connectivity index (χ2v) is 9.18. The van der Waals surface area contributed by atoms with Crippen LogP contribution in [0.25, 0.3) is 11.1 Å². The molecule has 3 heterocycles. The molecule has 1 saturated heterocycles. The normalized spacial score (nSPS) is 19.0. The predicted molar refractivity (Wildman–Crippen MR) is 128 cm³/mol. The fourth-order valence-corrected chi connectivity index (χ4v) is 4.30. The molecule has 0 spiro atoms. The summed E-state index contributed by atoms with van der Waals surface area (Å²) in [4.78, 5) is 38.9. The monoisotopic (exact) mass is 435 g/mol. The maximum absolute atomic E-state index is 12.9. The van der Waals surface area contributed by atoms with Crippen LogP contribution in [0.5, 0.6) is 0 Å². The molecule has 2 fully saturated rings. The van der Waals surface area contributed by atoms with Crippen molar-refractivity contribution < 1.29 is 4.79 Å². The number of rotatable bonds is 8. The van der Waals surface area contributed by atoms with Crippen LogP contribution < -0.4 is 10.5 Å². The number of aromatic nitrogens is 2. The Balaban J connectivity index is 1.57. The summed E-state index contributed by atoms with van der Waals surface area (Å²) in [5.41, 5.74) is 2.62. The summed E-state index contributed by atoms with van der Waals surface area (Å²) in [7, 11) is 3.97. The Morgan fingerprint density at radius 1 is 1.22 bits per heavy atom. The van der Waals surface area contributed by atoms with Crippen LogP contribution in [0.1, 0.15) is 25.7 Å². The Labute approximate surface area is 189 Å². The van der Waals surface area contributed by atoms with Gasteiger partial charge in [-0.2, -0.15) is 0 Å². The summed E-state index contributed by atoms with van der Waals surface area (Å²) in [6, 6.07) is 6.03. The molecule has 4 rings (SSSR count). The molecule has 2 aromatic rings. The lowest BCUT2D eigenvalue weighted by Gasteiger charge is -2.40. The highest BCUT2D eigenvalue weighted by atomic mass is 16.2. The van der Waals surface area contributed by atoms with Crippen molar-refractivity contribution >= 4 is 11.6 Å². The van der Waals surface area contributed by atoms with Gasteiger partial charge in [0.1, 0.15) is 5.69 Å². The molecule has 170 valence electrons. The highest BCUT2D eigenvalue weighted by Gasteiger charge is 2.33. The van der Waals surface area contributed by atoms with E-state index in [9.17, 15) is 9.59 Å². The molecule has 2 aliphatic rings. The number of nitrogens with zero attached hydrogens (tertiary/aromatic N) is 4. The van der Waals surface area contributed by atoms with Crippen LogP contribution in [0.2, 0.25) is 0 Å². The second kappa shape index (κ2) is 10.1. The summed E-state index contributed by atoms with van der Waals surface area (Å²) < 4.78 is 0. The molecule has 0 radical (unpaired) electrons. The lowest BCUT2D eigenvalue weighted by molar-refractivity contribution is -0.127. The minimum Gasteiger partial charge on any atom is -0.362 e. The first kappa shape index (κ1) is 22.3. The van der Waals surface area contributed by atoms with Gasteiger partial charge in [0.25, 0.3) is 5.56 Å². The summed E-state index contributed by atoms with van der Waals surface area (Å²) in [6.45, 7) is 3.03. The second-order valence-electron chi connectivity index (χ2n) is 9.18. The summed E-state index contributed by atoms with van der Waals surface area (Å²) in [5, 5.41) is 0. The predicted octanol–water partition coefficient (Wildman–Crippen LogP) is 2.76. The van der Waals surface area contributed by atoms with E-state index in [1.807, 2.05) is 48.2 Å². The number of likely N-dealkylation sites (N-methyl/N-ethyl adjacent to an activating group) is 1. The zero-order valence-electron chi connectivity index (χ0n) is 19.0. The maximum Gasteiger partial charge on any atom is 0.271 e. The minimum atomic E-state index is -0.0715. The maximum atomic E-state index is 12.9. The topological polar surface area (TPSA) is 72.5 Å². The van der Waals surface area contributed by atoms with E-state index in [1.54, 1.807) is 24.7 Å². The van der Waals surface area contributed by atoms with Crippen LogP contribution in [0.3, 0.4) is 0 Å². The molecule has 7 nitrogen and oxygen atoms in total. The SMILES string of the molecule is CN(C)CC=CC(=O)N1CCCC(N(CC2CC2)c2cc(-c3ccncc3)c[nH]c2=O)C1. The Hall–Kier alpha value is -2.93. The summed E-state index contributed by atoms with van der Waals surface area (Å²) in [5.74, 6) is 0.687. The quantitative estimate of drug-likeness (QED) is 0.646. The largest absolute Gasteiger partial charge is 0.362 e. The Bertz CT molecular complexity index is 997. The number of pyridine rings is 2. The van der Waals surface area contributed by atoms with Gasteiger partial charge in [0, 0.05) is 62.5 Å².